The molecule has 0 fully saturated rings. The Hall–Kier alpha value is -2.07. The van der Waals surface area contributed by atoms with Crippen LogP contribution in [-0.2, 0) is 6.42 Å². The first-order chi connectivity index (χ1) is 10.2. The number of pyridine rings is 1. The number of anilines is 2. The molecule has 1 amide bonds. The van der Waals surface area contributed by atoms with Gasteiger partial charge in [-0.2, -0.15) is 0 Å². The van der Waals surface area contributed by atoms with E-state index in [4.69, 9.17) is 17.3 Å². The number of fused-ring (bicyclic) bond motifs is 1. The fraction of sp³-hybridized carbons (Fsp3) is 0.250. The molecule has 4 nitrogen and oxygen atoms in total. The summed E-state index contributed by atoms with van der Waals surface area (Å²) >= 11 is 5.97. The summed E-state index contributed by atoms with van der Waals surface area (Å²) in [6.07, 6.45) is 4.55. The topological polar surface area (TPSA) is 59.2 Å². The summed E-state index contributed by atoms with van der Waals surface area (Å²) in [6.45, 7) is 0.706. The van der Waals surface area contributed by atoms with Crippen LogP contribution in [-0.4, -0.2) is 17.4 Å². The van der Waals surface area contributed by atoms with Crippen LogP contribution in [0.15, 0.2) is 36.5 Å². The molecule has 0 aliphatic carbocycles. The summed E-state index contributed by atoms with van der Waals surface area (Å²) in [5.74, 6) is 0.156. The lowest BCUT2D eigenvalue weighted by Crippen LogP contribution is -2.31. The Balaban J connectivity index is 1.99. The number of amides is 1. The molecule has 1 aromatic carbocycles. The number of nitrogens with two attached hydrogens (primary N) is 1. The number of carbonyl (C=O) groups excluding carboxylic acids is 1. The van der Waals surface area contributed by atoms with Gasteiger partial charge in [0, 0.05) is 18.4 Å². The second-order valence-corrected chi connectivity index (χ2v) is 5.54. The molecule has 108 valence electrons. The molecule has 0 saturated heterocycles. The Morgan fingerprint density at radius 3 is 2.90 bits per heavy atom. The van der Waals surface area contributed by atoms with Gasteiger partial charge in [0.1, 0.15) is 5.82 Å². The van der Waals surface area contributed by atoms with Gasteiger partial charge in [0.15, 0.2) is 0 Å². The van der Waals surface area contributed by atoms with E-state index in [1.807, 2.05) is 23.1 Å². The van der Waals surface area contributed by atoms with Gasteiger partial charge >= 0.3 is 0 Å². The Morgan fingerprint density at radius 2 is 2.10 bits per heavy atom. The first kappa shape index (κ1) is 13.9. The van der Waals surface area contributed by atoms with E-state index in [0.29, 0.717) is 17.1 Å². The molecule has 1 aliphatic rings. The summed E-state index contributed by atoms with van der Waals surface area (Å²) in [6, 6.07) is 9.62. The van der Waals surface area contributed by atoms with Gasteiger partial charge in [-0.1, -0.05) is 29.8 Å². The van der Waals surface area contributed by atoms with Gasteiger partial charge in [-0.3, -0.25) is 4.79 Å². The van der Waals surface area contributed by atoms with Gasteiger partial charge in [0.2, 0.25) is 0 Å². The third-order valence-electron chi connectivity index (χ3n) is 3.72. The van der Waals surface area contributed by atoms with Crippen LogP contribution < -0.4 is 10.6 Å². The van der Waals surface area contributed by atoms with E-state index in [2.05, 4.69) is 11.1 Å². The zero-order chi connectivity index (χ0) is 14.8. The molecule has 1 aromatic heterocycles. The highest BCUT2D eigenvalue weighted by atomic mass is 35.5. The van der Waals surface area contributed by atoms with Crippen molar-refractivity contribution in [3.63, 3.8) is 0 Å². The highest BCUT2D eigenvalue weighted by Gasteiger charge is 2.22. The van der Waals surface area contributed by atoms with Crippen molar-refractivity contribution >= 4 is 29.0 Å². The third kappa shape index (κ3) is 2.72. The molecule has 1 aliphatic heterocycles. The number of hydrogen-bond donors (Lipinski definition) is 1. The van der Waals surface area contributed by atoms with Crippen LogP contribution >= 0.6 is 11.6 Å². The van der Waals surface area contributed by atoms with Crippen LogP contribution in [0.1, 0.15) is 28.8 Å². The lowest BCUT2D eigenvalue weighted by molar-refractivity contribution is 0.0986. The lowest BCUT2D eigenvalue weighted by atomic mass is 10.1. The molecule has 21 heavy (non-hydrogen) atoms. The summed E-state index contributed by atoms with van der Waals surface area (Å²) in [5.41, 5.74) is 8.25. The fourth-order valence-corrected chi connectivity index (χ4v) is 2.79. The summed E-state index contributed by atoms with van der Waals surface area (Å²) in [7, 11) is 0. The Bertz CT molecular complexity index is 687. The van der Waals surface area contributed by atoms with Gasteiger partial charge in [-0.25, -0.2) is 4.98 Å². The van der Waals surface area contributed by atoms with Gasteiger partial charge in [0.05, 0.1) is 10.6 Å². The molecule has 2 N–H and O–H groups in total. The van der Waals surface area contributed by atoms with Crippen molar-refractivity contribution in [2.45, 2.75) is 19.3 Å². The number of benzene rings is 1. The molecule has 3 rings (SSSR count). The summed E-state index contributed by atoms with van der Waals surface area (Å²) < 4.78 is 0. The minimum Gasteiger partial charge on any atom is -0.382 e. The van der Waals surface area contributed by atoms with E-state index in [0.717, 1.165) is 24.9 Å². The maximum Gasteiger partial charge on any atom is 0.259 e. The number of aromatic nitrogens is 1. The Morgan fingerprint density at radius 1 is 1.29 bits per heavy atom. The normalized spacial score (nSPS) is 14.4. The minimum atomic E-state index is -0.0845. The number of hydrogen-bond acceptors (Lipinski definition) is 3. The van der Waals surface area contributed by atoms with Crippen molar-refractivity contribution < 1.29 is 4.79 Å². The van der Waals surface area contributed by atoms with E-state index in [-0.39, 0.29) is 11.7 Å². The van der Waals surface area contributed by atoms with E-state index in [1.165, 1.54) is 11.8 Å². The molecule has 0 atom stereocenters. The molecule has 2 heterocycles. The van der Waals surface area contributed by atoms with E-state index < -0.39 is 0 Å². The molecular formula is C16H16ClN3O. The van der Waals surface area contributed by atoms with Gasteiger partial charge < -0.3 is 10.6 Å². The maximum atomic E-state index is 12.8. The largest absolute Gasteiger partial charge is 0.382 e. The zero-order valence-corrected chi connectivity index (χ0v) is 12.3. The zero-order valence-electron chi connectivity index (χ0n) is 11.6. The number of aryl methyl sites for hydroxylation is 1. The predicted molar refractivity (Wildman–Crippen MR) is 84.7 cm³/mol. The molecule has 0 spiro atoms. The Labute approximate surface area is 128 Å². The standard InChI is InChI=1S/C16H16ClN3O/c17-13-9-12(10-19-15(13)18)16(21)20-8-4-3-6-11-5-1-2-7-14(11)20/h1-2,5,7,9-10H,3-4,6,8H2,(H2,18,19). The highest BCUT2D eigenvalue weighted by molar-refractivity contribution is 6.33. The van der Waals surface area contributed by atoms with Crippen LogP contribution in [0.3, 0.4) is 0 Å². The molecule has 0 radical (unpaired) electrons. The van der Waals surface area contributed by atoms with Crippen molar-refractivity contribution in [2.75, 3.05) is 17.2 Å². The van der Waals surface area contributed by atoms with Crippen molar-refractivity contribution in [3.8, 4) is 0 Å². The average molecular weight is 302 g/mol. The number of nitrogen functional groups attached to an aromatic ring is 1. The van der Waals surface area contributed by atoms with Gasteiger partial charge in [-0.15, -0.1) is 0 Å². The molecule has 2 aromatic rings. The summed E-state index contributed by atoms with van der Waals surface area (Å²) in [5, 5.41) is 0.309. The second kappa shape index (κ2) is 5.74. The van der Waals surface area contributed by atoms with Crippen LogP contribution in [0.5, 0.6) is 0 Å². The van der Waals surface area contributed by atoms with Crippen molar-refractivity contribution in [1.29, 1.82) is 0 Å². The van der Waals surface area contributed by atoms with Crippen LogP contribution in [0.2, 0.25) is 5.02 Å². The smallest absolute Gasteiger partial charge is 0.259 e. The van der Waals surface area contributed by atoms with Gasteiger partial charge in [-0.05, 0) is 37.0 Å². The number of carbonyl (C=O) groups is 1. The third-order valence-corrected chi connectivity index (χ3v) is 4.02. The average Bonchev–Trinajstić information content (AvgIpc) is 2.71. The highest BCUT2D eigenvalue weighted by Crippen LogP contribution is 2.28. The van der Waals surface area contributed by atoms with E-state index >= 15 is 0 Å². The maximum absolute atomic E-state index is 12.8. The monoisotopic (exact) mass is 301 g/mol. The second-order valence-electron chi connectivity index (χ2n) is 5.13. The summed E-state index contributed by atoms with van der Waals surface area (Å²) in [4.78, 5) is 18.5. The first-order valence-corrected chi connectivity index (χ1v) is 7.35. The molecule has 0 saturated carbocycles. The van der Waals surface area contributed by atoms with E-state index in [9.17, 15) is 4.79 Å². The number of rotatable bonds is 1. The van der Waals surface area contributed by atoms with Crippen molar-refractivity contribution in [2.24, 2.45) is 0 Å². The molecule has 0 unspecified atom stereocenters. The molecule has 5 heteroatoms. The first-order valence-electron chi connectivity index (χ1n) is 6.97. The van der Waals surface area contributed by atoms with Crippen molar-refractivity contribution in [3.05, 3.63) is 52.7 Å². The van der Waals surface area contributed by atoms with Gasteiger partial charge in [0.25, 0.3) is 5.91 Å². The fourth-order valence-electron chi connectivity index (χ4n) is 2.62. The quantitative estimate of drug-likeness (QED) is 0.879. The molecular weight excluding hydrogens is 286 g/mol. The number of nitrogens with zero attached hydrogens (tertiary/aromatic N) is 2. The SMILES string of the molecule is Nc1ncc(C(=O)N2CCCCc3ccccc32)cc1Cl. The predicted octanol–water partition coefficient (Wildman–Crippen LogP) is 3.30. The van der Waals surface area contributed by atoms with Crippen LogP contribution in [0.4, 0.5) is 11.5 Å². The molecule has 0 bridgehead atoms. The number of halogens is 1. The Kier molecular flexibility index (Phi) is 3.80. The minimum absolute atomic E-state index is 0.0845. The van der Waals surface area contributed by atoms with E-state index in [1.54, 1.807) is 6.07 Å². The number of para-hydroxylation sites is 1. The van der Waals surface area contributed by atoms with Crippen LogP contribution in [0, 0.1) is 0 Å². The van der Waals surface area contributed by atoms with Crippen LogP contribution in [0.25, 0.3) is 0 Å². The lowest BCUT2D eigenvalue weighted by Gasteiger charge is -2.23. The van der Waals surface area contributed by atoms with Crippen molar-refractivity contribution in [1.82, 2.24) is 4.98 Å².